The van der Waals surface area contributed by atoms with Crippen LogP contribution in [0.3, 0.4) is 0 Å². The van der Waals surface area contributed by atoms with E-state index in [4.69, 9.17) is 29.9 Å². The van der Waals surface area contributed by atoms with Crippen molar-refractivity contribution in [3.8, 4) is 22.6 Å². The number of nitrogens with one attached hydrogen (secondary N) is 1. The van der Waals surface area contributed by atoms with Gasteiger partial charge in [-0.15, -0.1) is 0 Å². The Bertz CT molecular complexity index is 1750. The fourth-order valence-electron chi connectivity index (χ4n) is 5.33. The molecule has 11 nitrogen and oxygen atoms in total. The highest BCUT2D eigenvalue weighted by atomic mass is 79.9. The van der Waals surface area contributed by atoms with Gasteiger partial charge in [0.1, 0.15) is 24.7 Å². The number of benzene rings is 4. The van der Waals surface area contributed by atoms with Crippen molar-refractivity contribution in [2.24, 2.45) is 5.92 Å². The summed E-state index contributed by atoms with van der Waals surface area (Å²) < 4.78 is 13.6. The molecule has 0 bridgehead atoms. The molecule has 0 heterocycles. The first-order valence-corrected chi connectivity index (χ1v) is 17.0. The van der Waals surface area contributed by atoms with Crippen LogP contribution in [-0.2, 0) is 45.4 Å². The first kappa shape index (κ1) is 38.1. The molecule has 5 N–H and O–H groups in total. The Hall–Kier alpha value is -4.72. The molecular weight excluding hydrogens is 778 g/mol. The lowest BCUT2D eigenvalue weighted by Crippen LogP contribution is -2.42. The van der Waals surface area contributed by atoms with Crippen molar-refractivity contribution in [1.82, 2.24) is 5.32 Å². The number of hydrogen-bond acceptors (Lipinski definition) is 7. The lowest BCUT2D eigenvalue weighted by atomic mass is 9.92. The Labute approximate surface area is 305 Å². The van der Waals surface area contributed by atoms with Crippen LogP contribution < -0.4 is 14.8 Å². The van der Waals surface area contributed by atoms with E-state index in [0.717, 1.165) is 38.9 Å². The summed E-state index contributed by atoms with van der Waals surface area (Å²) in [5.74, 6) is -5.93. The predicted molar refractivity (Wildman–Crippen MR) is 191 cm³/mol. The second kappa shape index (κ2) is 17.3. The topological polar surface area (TPSA) is 180 Å². The Morgan fingerprint density at radius 2 is 1.12 bits per heavy atom. The Morgan fingerprint density at radius 3 is 1.56 bits per heavy atom. The van der Waals surface area contributed by atoms with Gasteiger partial charge in [-0.2, -0.15) is 0 Å². The van der Waals surface area contributed by atoms with Crippen molar-refractivity contribution in [3.63, 3.8) is 0 Å². The Kier molecular flexibility index (Phi) is 13.2. The molecule has 0 radical (unpaired) electrons. The van der Waals surface area contributed by atoms with Crippen molar-refractivity contribution < 1.29 is 49.1 Å². The van der Waals surface area contributed by atoms with Gasteiger partial charge >= 0.3 is 23.9 Å². The first-order valence-electron chi connectivity index (χ1n) is 15.4. The summed E-state index contributed by atoms with van der Waals surface area (Å²) in [5.41, 5.74) is 7.63. The second-order valence-electron chi connectivity index (χ2n) is 11.5. The van der Waals surface area contributed by atoms with Crippen LogP contribution in [0.15, 0.2) is 81.7 Å². The number of ether oxygens (including phenoxy) is 2. The number of aliphatic carboxylic acids is 4. The minimum absolute atomic E-state index is 0.0198. The summed E-state index contributed by atoms with van der Waals surface area (Å²) in [6.07, 6.45) is 0.273. The lowest BCUT2D eigenvalue weighted by molar-refractivity contribution is -0.155. The maximum Gasteiger partial charge on any atom is 0.332 e. The van der Waals surface area contributed by atoms with Gasteiger partial charge in [-0.25, -0.2) is 9.59 Å². The fourth-order valence-corrected chi connectivity index (χ4v) is 6.41. The van der Waals surface area contributed by atoms with Crippen LogP contribution in [0.4, 0.5) is 0 Å². The smallest absolute Gasteiger partial charge is 0.332 e. The van der Waals surface area contributed by atoms with Crippen LogP contribution >= 0.6 is 31.9 Å². The molecule has 4 aromatic rings. The van der Waals surface area contributed by atoms with E-state index in [2.05, 4.69) is 49.3 Å². The normalized spacial score (nSPS) is 11.1. The highest BCUT2D eigenvalue weighted by molar-refractivity contribution is 9.10. The molecule has 0 aliphatic heterocycles. The van der Waals surface area contributed by atoms with Crippen LogP contribution in [-0.4, -0.2) is 50.3 Å². The van der Waals surface area contributed by atoms with Gasteiger partial charge < -0.3 is 29.9 Å². The van der Waals surface area contributed by atoms with Crippen molar-refractivity contribution in [3.05, 3.63) is 115 Å². The summed E-state index contributed by atoms with van der Waals surface area (Å²) >= 11 is 7.01. The van der Waals surface area contributed by atoms with Crippen molar-refractivity contribution in [2.75, 3.05) is 0 Å². The molecule has 0 atom stereocenters. The van der Waals surface area contributed by atoms with Gasteiger partial charge in [0.05, 0.1) is 8.95 Å². The van der Waals surface area contributed by atoms with Crippen molar-refractivity contribution >= 4 is 55.7 Å². The molecule has 13 heteroatoms. The van der Waals surface area contributed by atoms with Gasteiger partial charge in [0.15, 0.2) is 5.92 Å². The molecule has 0 saturated carbocycles. The molecule has 0 aliphatic rings. The maximum absolute atomic E-state index is 11.2. The highest BCUT2D eigenvalue weighted by Gasteiger charge is 2.26. The van der Waals surface area contributed by atoms with E-state index in [9.17, 15) is 19.2 Å². The zero-order valence-corrected chi connectivity index (χ0v) is 30.3. The number of aryl methyl sites for hydroxylation is 1. The number of hydrogen-bond donors (Lipinski definition) is 5. The molecule has 4 aromatic carbocycles. The molecule has 0 spiro atoms. The fraction of sp³-hybridized carbons (Fsp3) is 0.243. The Morgan fingerprint density at radius 1 is 0.660 bits per heavy atom. The van der Waals surface area contributed by atoms with Gasteiger partial charge in [-0.3, -0.25) is 14.9 Å². The summed E-state index contributed by atoms with van der Waals surface area (Å²) in [5, 5.41) is 38.9. The minimum atomic E-state index is -1.71. The van der Waals surface area contributed by atoms with Gasteiger partial charge in [0, 0.05) is 6.54 Å². The van der Waals surface area contributed by atoms with Crippen LogP contribution in [0.5, 0.6) is 11.5 Å². The average molecular weight is 813 g/mol. The second-order valence-corrected chi connectivity index (χ2v) is 13.3. The van der Waals surface area contributed by atoms with Gasteiger partial charge in [-0.05, 0) is 127 Å². The third kappa shape index (κ3) is 9.71. The molecule has 0 amide bonds. The van der Waals surface area contributed by atoms with E-state index < -0.39 is 35.8 Å². The largest absolute Gasteiger partial charge is 0.488 e. The molecule has 50 heavy (non-hydrogen) atoms. The monoisotopic (exact) mass is 811 g/mol. The molecule has 0 aliphatic carbocycles. The van der Waals surface area contributed by atoms with E-state index in [0.29, 0.717) is 39.0 Å². The van der Waals surface area contributed by atoms with Gasteiger partial charge in [-0.1, -0.05) is 48.5 Å². The zero-order valence-electron chi connectivity index (χ0n) is 27.1. The third-order valence-electron chi connectivity index (χ3n) is 8.26. The summed E-state index contributed by atoms with van der Waals surface area (Å²) in [6.45, 7) is 4.71. The zero-order chi connectivity index (χ0) is 36.5. The molecule has 4 rings (SSSR count). The average Bonchev–Trinajstić information content (AvgIpc) is 3.05. The van der Waals surface area contributed by atoms with E-state index in [-0.39, 0.29) is 19.6 Å². The highest BCUT2D eigenvalue weighted by Crippen LogP contribution is 2.33. The Balaban J connectivity index is 1.42. The van der Waals surface area contributed by atoms with Crippen molar-refractivity contribution in [2.45, 2.75) is 52.5 Å². The van der Waals surface area contributed by atoms with E-state index >= 15 is 0 Å². The molecule has 0 saturated heterocycles. The van der Waals surface area contributed by atoms with Crippen LogP contribution in [0.1, 0.15) is 39.8 Å². The van der Waals surface area contributed by atoms with Crippen LogP contribution in [0.2, 0.25) is 0 Å². The molecule has 262 valence electrons. The summed E-state index contributed by atoms with van der Waals surface area (Å²) in [6, 6.07) is 21.0. The number of carboxylic acid groups (broad SMARTS) is 4. The summed E-state index contributed by atoms with van der Waals surface area (Å²) in [4.78, 5) is 44.7. The quantitative estimate of drug-likeness (QED) is 0.0694. The first-order chi connectivity index (χ1) is 23.8. The molecule has 0 aromatic heterocycles. The van der Waals surface area contributed by atoms with E-state index in [1.807, 2.05) is 38.1 Å². The lowest BCUT2D eigenvalue weighted by Gasteiger charge is -2.17. The van der Waals surface area contributed by atoms with E-state index in [1.54, 1.807) is 36.4 Å². The molecular formula is C37H35Br2NO10. The number of carbonyl (C=O) groups is 4. The SMILES string of the molecule is Cc1c(COc2ccc(CCC(C(=O)O)C(=O)O)cc2Br)cccc1-c1cccc(COc2ccc(CNC(C(=O)O)C(=O)O)cc2Br)c1C. The minimum Gasteiger partial charge on any atom is -0.488 e. The standard InChI is InChI=1S/C37H35Br2NO10/c1-20-24(18-49-31-13-10-22(15-29(31)38)9-12-28(34(41)42)35(43)44)5-3-7-26(20)27-8-4-6-25(21(27)2)19-50-32-14-11-23(16-30(32)39)17-40-33(36(45)46)37(47)48/h3-8,10-11,13-16,28,33,40H,9,12,17-19H2,1-2H3,(H,41,42)(H,43,44)(H,45,46)(H,47,48). The number of carboxylic acids is 4. The van der Waals surface area contributed by atoms with Gasteiger partial charge in [0.25, 0.3) is 0 Å². The summed E-state index contributed by atoms with van der Waals surface area (Å²) in [7, 11) is 0. The van der Waals surface area contributed by atoms with Crippen LogP contribution in [0, 0.1) is 19.8 Å². The maximum atomic E-state index is 11.2. The van der Waals surface area contributed by atoms with E-state index in [1.165, 1.54) is 0 Å². The molecule has 0 unspecified atom stereocenters. The van der Waals surface area contributed by atoms with Crippen molar-refractivity contribution in [1.29, 1.82) is 0 Å². The third-order valence-corrected chi connectivity index (χ3v) is 9.50. The number of rotatable bonds is 17. The van der Waals surface area contributed by atoms with Gasteiger partial charge in [0.2, 0.25) is 6.04 Å². The predicted octanol–water partition coefficient (Wildman–Crippen LogP) is 7.00. The number of halogens is 2. The molecule has 0 fully saturated rings. The van der Waals surface area contributed by atoms with Crippen LogP contribution in [0.25, 0.3) is 11.1 Å².